The molecule has 0 radical (unpaired) electrons. The first kappa shape index (κ1) is 16.1. The van der Waals surface area contributed by atoms with Gasteiger partial charge in [-0.2, -0.15) is 0 Å². The van der Waals surface area contributed by atoms with E-state index in [-0.39, 0.29) is 23.4 Å². The molecule has 9 nitrogen and oxygen atoms in total. The monoisotopic (exact) mass is 303 g/mol. The molecule has 1 heterocycles. The highest BCUT2D eigenvalue weighted by molar-refractivity contribution is 6.31. The van der Waals surface area contributed by atoms with Crippen LogP contribution in [0.5, 0.6) is 0 Å². The van der Waals surface area contributed by atoms with Crippen molar-refractivity contribution in [3.63, 3.8) is 0 Å². The van der Waals surface area contributed by atoms with Crippen LogP contribution in [0.15, 0.2) is 6.33 Å². The fraction of sp³-hybridized carbons (Fsp3) is 0.500. The van der Waals surface area contributed by atoms with Gasteiger partial charge < -0.3 is 15.0 Å². The Morgan fingerprint density at radius 3 is 2.90 bits per heavy atom. The molecule has 1 aromatic rings. The Bertz CT molecular complexity index is 499. The van der Waals surface area contributed by atoms with Crippen LogP contribution in [0.25, 0.3) is 0 Å². The van der Waals surface area contributed by atoms with Gasteiger partial charge in [-0.25, -0.2) is 9.97 Å². The fourth-order valence-corrected chi connectivity index (χ4v) is 1.62. The summed E-state index contributed by atoms with van der Waals surface area (Å²) in [5.41, 5.74) is -0.429. The van der Waals surface area contributed by atoms with Gasteiger partial charge in [0.05, 0.1) is 18.1 Å². The quantitative estimate of drug-likeness (QED) is 0.332. The predicted octanol–water partition coefficient (Wildman–Crippen LogP) is 0.237. The van der Waals surface area contributed by atoms with Crippen LogP contribution in [0.2, 0.25) is 5.15 Å². The maximum absolute atomic E-state index is 11.6. The van der Waals surface area contributed by atoms with E-state index in [0.29, 0.717) is 13.2 Å². The van der Waals surface area contributed by atoms with Gasteiger partial charge in [0.15, 0.2) is 0 Å². The summed E-state index contributed by atoms with van der Waals surface area (Å²) < 4.78 is 4.79. The second kappa shape index (κ2) is 7.56. The summed E-state index contributed by atoms with van der Waals surface area (Å²) in [7, 11) is 3.02. The van der Waals surface area contributed by atoms with Gasteiger partial charge in [0.2, 0.25) is 16.9 Å². The maximum atomic E-state index is 11.6. The molecule has 0 aliphatic rings. The topological polar surface area (TPSA) is 110 Å². The van der Waals surface area contributed by atoms with Gasteiger partial charge in [0.1, 0.15) is 6.33 Å². The Labute approximate surface area is 120 Å². The van der Waals surface area contributed by atoms with Crippen LogP contribution in [0.1, 0.15) is 0 Å². The lowest BCUT2D eigenvalue weighted by atomic mass is 10.4. The zero-order valence-electron chi connectivity index (χ0n) is 11.0. The molecule has 0 aliphatic carbocycles. The maximum Gasteiger partial charge on any atom is 0.348 e. The molecule has 0 aliphatic heterocycles. The minimum atomic E-state index is -0.684. The molecule has 0 unspecified atom stereocenters. The lowest BCUT2D eigenvalue weighted by molar-refractivity contribution is -0.384. The highest BCUT2D eigenvalue weighted by Crippen LogP contribution is 2.30. The fourth-order valence-electron chi connectivity index (χ4n) is 1.42. The lowest BCUT2D eigenvalue weighted by Gasteiger charge is -2.17. The van der Waals surface area contributed by atoms with E-state index in [0.717, 1.165) is 6.33 Å². The molecule has 1 N–H and O–H groups in total. The summed E-state index contributed by atoms with van der Waals surface area (Å²) >= 11 is 5.67. The van der Waals surface area contributed by atoms with Crippen LogP contribution in [0.4, 0.5) is 11.5 Å². The van der Waals surface area contributed by atoms with Gasteiger partial charge in [0.25, 0.3) is 0 Å². The van der Waals surface area contributed by atoms with E-state index in [9.17, 15) is 14.9 Å². The van der Waals surface area contributed by atoms with Crippen LogP contribution < -0.4 is 10.2 Å². The van der Waals surface area contributed by atoms with Gasteiger partial charge in [0, 0.05) is 20.7 Å². The summed E-state index contributed by atoms with van der Waals surface area (Å²) in [6.07, 6.45) is 1.10. The molecule has 0 fully saturated rings. The zero-order chi connectivity index (χ0) is 15.1. The SMILES string of the molecule is COCCNC(=O)CN(C)c1ncnc(Cl)c1[N+](=O)[O-]. The van der Waals surface area contributed by atoms with E-state index >= 15 is 0 Å². The highest BCUT2D eigenvalue weighted by Gasteiger charge is 2.25. The van der Waals surface area contributed by atoms with Gasteiger partial charge in [-0.1, -0.05) is 11.6 Å². The van der Waals surface area contributed by atoms with Crippen molar-refractivity contribution in [2.75, 3.05) is 38.8 Å². The van der Waals surface area contributed by atoms with Crippen LogP contribution >= 0.6 is 11.6 Å². The molecule has 10 heteroatoms. The second-order valence-electron chi connectivity index (χ2n) is 3.79. The number of nitrogens with zero attached hydrogens (tertiary/aromatic N) is 4. The summed E-state index contributed by atoms with van der Waals surface area (Å²) in [4.78, 5) is 30.5. The number of rotatable bonds is 7. The first-order valence-corrected chi connectivity index (χ1v) is 5.96. The first-order chi connectivity index (χ1) is 9.47. The molecular weight excluding hydrogens is 290 g/mol. The minimum Gasteiger partial charge on any atom is -0.383 e. The van der Waals surface area contributed by atoms with Crippen molar-refractivity contribution in [1.82, 2.24) is 15.3 Å². The molecule has 0 atom stereocenters. The van der Waals surface area contributed by atoms with E-state index in [1.54, 1.807) is 0 Å². The van der Waals surface area contributed by atoms with Crippen LogP contribution in [-0.4, -0.2) is 54.7 Å². The van der Waals surface area contributed by atoms with Crippen molar-refractivity contribution >= 4 is 29.0 Å². The molecule has 0 saturated carbocycles. The first-order valence-electron chi connectivity index (χ1n) is 5.59. The number of amides is 1. The van der Waals surface area contributed by atoms with Crippen molar-refractivity contribution in [3.05, 3.63) is 21.6 Å². The van der Waals surface area contributed by atoms with E-state index in [1.165, 1.54) is 19.1 Å². The van der Waals surface area contributed by atoms with Crippen molar-refractivity contribution in [2.24, 2.45) is 0 Å². The number of carbonyl (C=O) groups is 1. The highest BCUT2D eigenvalue weighted by atomic mass is 35.5. The van der Waals surface area contributed by atoms with E-state index in [4.69, 9.17) is 16.3 Å². The third-order valence-electron chi connectivity index (χ3n) is 2.31. The molecule has 0 bridgehead atoms. The molecule has 1 amide bonds. The molecule has 110 valence electrons. The third kappa shape index (κ3) is 4.28. The van der Waals surface area contributed by atoms with Crippen molar-refractivity contribution in [3.8, 4) is 0 Å². The van der Waals surface area contributed by atoms with Crippen molar-refractivity contribution < 1.29 is 14.5 Å². The van der Waals surface area contributed by atoms with E-state index < -0.39 is 10.6 Å². The third-order valence-corrected chi connectivity index (χ3v) is 2.59. The second-order valence-corrected chi connectivity index (χ2v) is 4.15. The van der Waals surface area contributed by atoms with Crippen molar-refractivity contribution in [2.45, 2.75) is 0 Å². The molecule has 0 aromatic carbocycles. The number of aromatic nitrogens is 2. The van der Waals surface area contributed by atoms with E-state index in [1.807, 2.05) is 0 Å². The number of anilines is 1. The molecule has 0 saturated heterocycles. The molecule has 0 spiro atoms. The zero-order valence-corrected chi connectivity index (χ0v) is 11.8. The minimum absolute atomic E-state index is 0.0168. The Morgan fingerprint density at radius 1 is 1.60 bits per heavy atom. The Kier molecular flexibility index (Phi) is 6.07. The predicted molar refractivity (Wildman–Crippen MR) is 71.9 cm³/mol. The largest absolute Gasteiger partial charge is 0.383 e. The summed E-state index contributed by atoms with van der Waals surface area (Å²) in [6.45, 7) is 0.641. The van der Waals surface area contributed by atoms with Gasteiger partial charge in [-0.15, -0.1) is 0 Å². The van der Waals surface area contributed by atoms with Crippen molar-refractivity contribution in [1.29, 1.82) is 0 Å². The number of halogens is 1. The Morgan fingerprint density at radius 2 is 2.30 bits per heavy atom. The lowest BCUT2D eigenvalue weighted by Crippen LogP contribution is -2.37. The number of ether oxygens (including phenoxy) is 1. The Balaban J connectivity index is 2.77. The van der Waals surface area contributed by atoms with Crippen LogP contribution in [0, 0.1) is 10.1 Å². The summed E-state index contributed by atoms with van der Waals surface area (Å²) in [5.74, 6) is -0.328. The number of carbonyl (C=O) groups excluding carboxylic acids is 1. The summed E-state index contributed by atoms with van der Waals surface area (Å²) in [6, 6.07) is 0. The number of hydrogen-bond acceptors (Lipinski definition) is 7. The van der Waals surface area contributed by atoms with Crippen LogP contribution in [-0.2, 0) is 9.53 Å². The number of methoxy groups -OCH3 is 1. The van der Waals surface area contributed by atoms with Crippen LogP contribution in [0.3, 0.4) is 0 Å². The van der Waals surface area contributed by atoms with E-state index in [2.05, 4.69) is 15.3 Å². The van der Waals surface area contributed by atoms with Gasteiger partial charge in [-0.05, 0) is 0 Å². The normalized spacial score (nSPS) is 10.2. The number of nitro groups is 1. The van der Waals surface area contributed by atoms with Gasteiger partial charge >= 0.3 is 5.69 Å². The molecule has 20 heavy (non-hydrogen) atoms. The summed E-state index contributed by atoms with van der Waals surface area (Å²) in [5, 5.41) is 13.3. The molecule has 1 rings (SSSR count). The number of hydrogen-bond donors (Lipinski definition) is 1. The molecule has 1 aromatic heterocycles. The smallest absolute Gasteiger partial charge is 0.348 e. The average molecular weight is 304 g/mol. The average Bonchev–Trinajstić information content (AvgIpc) is 2.38. The Hall–Kier alpha value is -2.00. The van der Waals surface area contributed by atoms with Gasteiger partial charge in [-0.3, -0.25) is 14.9 Å². The molecular formula is C10H14ClN5O4. The standard InChI is InChI=1S/C10H14ClN5O4/c1-15(5-7(17)12-3-4-20-2)10-8(16(18)19)9(11)13-6-14-10/h6H,3-5H2,1-2H3,(H,12,17). The number of nitrogens with one attached hydrogen (secondary N) is 1. The number of likely N-dealkylation sites (N-methyl/N-ethyl adjacent to an activating group) is 1.